The molecule has 19 heavy (non-hydrogen) atoms. The number of H-pyrrole nitrogens is 1. The van der Waals surface area contributed by atoms with Crippen molar-refractivity contribution in [2.24, 2.45) is 0 Å². The standard InChI is InChI=1S/C12H18IN3O2Si/c1-19(2,3)5-4-18-8-16-10(13)6-9-11(16)14-7-15-12(9)17/h6-7H,4-5,8H2,1-3H3,(H,14,15,17). The summed E-state index contributed by atoms with van der Waals surface area (Å²) in [7, 11) is -1.06. The van der Waals surface area contributed by atoms with Crippen LogP contribution in [0.15, 0.2) is 17.2 Å². The van der Waals surface area contributed by atoms with Gasteiger partial charge in [0.2, 0.25) is 0 Å². The lowest BCUT2D eigenvalue weighted by Gasteiger charge is -2.15. The first-order valence-corrected chi connectivity index (χ1v) is 11.0. The number of ether oxygens (including phenoxy) is 1. The van der Waals surface area contributed by atoms with E-state index in [1.807, 2.05) is 10.6 Å². The molecule has 0 atom stereocenters. The average Bonchev–Trinajstić information content (AvgIpc) is 2.62. The first-order valence-electron chi connectivity index (χ1n) is 6.19. The molecule has 2 heterocycles. The Morgan fingerprint density at radius 3 is 2.89 bits per heavy atom. The number of aromatic nitrogens is 3. The summed E-state index contributed by atoms with van der Waals surface area (Å²) in [6.07, 6.45) is 1.43. The molecule has 0 amide bonds. The number of nitrogens with zero attached hydrogens (tertiary/aromatic N) is 2. The Bertz CT molecular complexity index is 630. The van der Waals surface area contributed by atoms with Crippen molar-refractivity contribution in [1.29, 1.82) is 0 Å². The minimum Gasteiger partial charge on any atom is -0.361 e. The number of halogens is 1. The van der Waals surface area contributed by atoms with Crippen molar-refractivity contribution >= 4 is 41.7 Å². The van der Waals surface area contributed by atoms with Crippen LogP contribution >= 0.6 is 22.6 Å². The summed E-state index contributed by atoms with van der Waals surface area (Å²) in [5.74, 6) is 0. The smallest absolute Gasteiger partial charge is 0.260 e. The van der Waals surface area contributed by atoms with Crippen molar-refractivity contribution in [3.8, 4) is 0 Å². The van der Waals surface area contributed by atoms with Gasteiger partial charge in [-0.1, -0.05) is 19.6 Å². The second-order valence-electron chi connectivity index (χ2n) is 5.71. The predicted octanol–water partition coefficient (Wildman–Crippen LogP) is 2.64. The molecule has 0 aliphatic rings. The molecule has 2 aromatic rings. The van der Waals surface area contributed by atoms with Crippen LogP contribution in [0.1, 0.15) is 0 Å². The highest BCUT2D eigenvalue weighted by Gasteiger charge is 2.13. The van der Waals surface area contributed by atoms with E-state index < -0.39 is 8.07 Å². The number of rotatable bonds is 5. The van der Waals surface area contributed by atoms with Crippen LogP contribution in [-0.4, -0.2) is 29.2 Å². The lowest BCUT2D eigenvalue weighted by molar-refractivity contribution is 0.0883. The maximum absolute atomic E-state index is 11.7. The van der Waals surface area contributed by atoms with E-state index in [2.05, 4.69) is 52.2 Å². The lowest BCUT2D eigenvalue weighted by Crippen LogP contribution is -2.22. The van der Waals surface area contributed by atoms with Gasteiger partial charge in [0.15, 0.2) is 0 Å². The molecular weight excluding hydrogens is 373 g/mol. The molecule has 0 aliphatic heterocycles. The Morgan fingerprint density at radius 1 is 1.47 bits per heavy atom. The van der Waals surface area contributed by atoms with Gasteiger partial charge in [0.05, 0.1) is 15.4 Å². The van der Waals surface area contributed by atoms with Gasteiger partial charge in [0.1, 0.15) is 12.4 Å². The van der Waals surface area contributed by atoms with Gasteiger partial charge in [0.25, 0.3) is 5.56 Å². The van der Waals surface area contributed by atoms with Crippen molar-refractivity contribution in [2.75, 3.05) is 6.61 Å². The van der Waals surface area contributed by atoms with Gasteiger partial charge in [-0.25, -0.2) is 4.98 Å². The van der Waals surface area contributed by atoms with Gasteiger partial charge in [-0.15, -0.1) is 0 Å². The first-order chi connectivity index (χ1) is 8.88. The van der Waals surface area contributed by atoms with Crippen LogP contribution in [0, 0.1) is 3.70 Å². The third-order valence-electron chi connectivity index (χ3n) is 2.86. The first kappa shape index (κ1) is 14.7. The number of nitrogens with one attached hydrogen (secondary N) is 1. The van der Waals surface area contributed by atoms with Gasteiger partial charge in [-0.3, -0.25) is 9.36 Å². The fraction of sp³-hybridized carbons (Fsp3) is 0.500. The van der Waals surface area contributed by atoms with Crippen molar-refractivity contribution in [3.05, 3.63) is 26.4 Å². The summed E-state index contributed by atoms with van der Waals surface area (Å²) in [6.45, 7) is 8.18. The minimum absolute atomic E-state index is 0.108. The van der Waals surface area contributed by atoms with E-state index in [0.29, 0.717) is 17.8 Å². The van der Waals surface area contributed by atoms with Crippen LogP contribution in [0.25, 0.3) is 11.0 Å². The van der Waals surface area contributed by atoms with Crippen molar-refractivity contribution < 1.29 is 4.74 Å². The molecule has 2 rings (SSSR count). The third-order valence-corrected chi connectivity index (χ3v) is 5.46. The Hall–Kier alpha value is -0.673. The second-order valence-corrected chi connectivity index (χ2v) is 12.4. The van der Waals surface area contributed by atoms with E-state index in [1.54, 1.807) is 0 Å². The van der Waals surface area contributed by atoms with E-state index in [9.17, 15) is 4.79 Å². The maximum atomic E-state index is 11.7. The fourth-order valence-electron chi connectivity index (χ4n) is 1.70. The van der Waals surface area contributed by atoms with E-state index in [1.165, 1.54) is 6.33 Å². The highest BCUT2D eigenvalue weighted by atomic mass is 127. The molecule has 0 fully saturated rings. The molecule has 104 valence electrons. The quantitative estimate of drug-likeness (QED) is 0.484. The molecule has 0 saturated carbocycles. The highest BCUT2D eigenvalue weighted by molar-refractivity contribution is 14.1. The molecule has 2 aromatic heterocycles. The van der Waals surface area contributed by atoms with Crippen LogP contribution in [0.5, 0.6) is 0 Å². The van der Waals surface area contributed by atoms with E-state index in [4.69, 9.17) is 4.74 Å². The molecule has 1 N–H and O–H groups in total. The Kier molecular flexibility index (Phi) is 4.46. The largest absolute Gasteiger partial charge is 0.361 e. The molecule has 0 aromatic carbocycles. The average molecular weight is 391 g/mol. The molecular formula is C12H18IN3O2Si. The van der Waals surface area contributed by atoms with Gasteiger partial charge in [0, 0.05) is 14.7 Å². The van der Waals surface area contributed by atoms with Crippen molar-refractivity contribution in [1.82, 2.24) is 14.5 Å². The van der Waals surface area contributed by atoms with E-state index >= 15 is 0 Å². The molecule has 0 aliphatic carbocycles. The summed E-state index contributed by atoms with van der Waals surface area (Å²) < 4.78 is 8.61. The molecule has 0 spiro atoms. The summed E-state index contributed by atoms with van der Waals surface area (Å²) >= 11 is 2.20. The fourth-order valence-corrected chi connectivity index (χ4v) is 3.14. The number of hydrogen-bond acceptors (Lipinski definition) is 3. The zero-order valence-electron chi connectivity index (χ0n) is 11.4. The second kappa shape index (κ2) is 5.76. The maximum Gasteiger partial charge on any atom is 0.260 e. The molecule has 0 radical (unpaired) electrons. The van der Waals surface area contributed by atoms with Gasteiger partial charge in [-0.05, 0) is 34.7 Å². The number of fused-ring (bicyclic) bond motifs is 1. The van der Waals surface area contributed by atoms with Crippen LogP contribution < -0.4 is 5.56 Å². The monoisotopic (exact) mass is 391 g/mol. The molecule has 5 nitrogen and oxygen atoms in total. The van der Waals surface area contributed by atoms with Crippen molar-refractivity contribution in [3.63, 3.8) is 0 Å². The third kappa shape index (κ3) is 3.66. The molecule has 0 saturated heterocycles. The highest BCUT2D eigenvalue weighted by Crippen LogP contribution is 2.16. The number of hydrogen-bond donors (Lipinski definition) is 1. The minimum atomic E-state index is -1.06. The summed E-state index contributed by atoms with van der Waals surface area (Å²) in [6, 6.07) is 2.97. The summed E-state index contributed by atoms with van der Waals surface area (Å²) in [4.78, 5) is 18.5. The Morgan fingerprint density at radius 2 is 2.21 bits per heavy atom. The Balaban J connectivity index is 2.11. The molecule has 7 heteroatoms. The SMILES string of the molecule is C[Si](C)(C)CCOCn1c(I)cc2c(=O)[nH]cnc21. The van der Waals surface area contributed by atoms with Gasteiger partial charge >= 0.3 is 0 Å². The van der Waals surface area contributed by atoms with E-state index in [0.717, 1.165) is 16.4 Å². The van der Waals surface area contributed by atoms with Crippen molar-refractivity contribution in [2.45, 2.75) is 32.4 Å². The molecule has 0 unspecified atom stereocenters. The molecule has 0 bridgehead atoms. The topological polar surface area (TPSA) is 59.9 Å². The van der Waals surface area contributed by atoms with Crippen LogP contribution in [-0.2, 0) is 11.5 Å². The van der Waals surface area contributed by atoms with Crippen LogP contribution in [0.3, 0.4) is 0 Å². The normalized spacial score (nSPS) is 12.2. The zero-order valence-corrected chi connectivity index (χ0v) is 14.5. The zero-order chi connectivity index (χ0) is 14.0. The van der Waals surface area contributed by atoms with E-state index in [-0.39, 0.29) is 5.56 Å². The number of aromatic amines is 1. The van der Waals surface area contributed by atoms with Gasteiger partial charge < -0.3 is 9.72 Å². The summed E-state index contributed by atoms with van der Waals surface area (Å²) in [5.41, 5.74) is 0.574. The van der Waals surface area contributed by atoms with Crippen LogP contribution in [0.4, 0.5) is 0 Å². The Labute approximate surface area is 126 Å². The predicted molar refractivity (Wildman–Crippen MR) is 87.2 cm³/mol. The van der Waals surface area contributed by atoms with Gasteiger partial charge in [-0.2, -0.15) is 0 Å². The lowest BCUT2D eigenvalue weighted by atomic mass is 10.4. The van der Waals surface area contributed by atoms with Crippen LogP contribution in [0.2, 0.25) is 25.7 Å². The summed E-state index contributed by atoms with van der Waals surface area (Å²) in [5, 5.41) is 0.612.